The number of hydrogen-bond acceptors (Lipinski definition) is 4. The van der Waals surface area contributed by atoms with E-state index >= 15 is 0 Å². The van der Waals surface area contributed by atoms with E-state index in [0.717, 1.165) is 27.6 Å². The molecule has 0 aliphatic carbocycles. The Balaban J connectivity index is 2.01. The van der Waals surface area contributed by atoms with Gasteiger partial charge in [-0.2, -0.15) is 0 Å². The molecule has 0 saturated carbocycles. The number of likely N-dealkylation sites (N-methyl/N-ethyl adjacent to an activating group) is 1. The van der Waals surface area contributed by atoms with Crippen LogP contribution in [0.15, 0.2) is 83.8 Å². The van der Waals surface area contributed by atoms with Gasteiger partial charge in [0.05, 0.1) is 10.6 Å². The monoisotopic (exact) mass is 497 g/mol. The lowest BCUT2D eigenvalue weighted by Crippen LogP contribution is -2.50. The van der Waals surface area contributed by atoms with Gasteiger partial charge in [-0.05, 0) is 55.8 Å². The van der Waals surface area contributed by atoms with Crippen LogP contribution in [0.5, 0.6) is 0 Å². The van der Waals surface area contributed by atoms with Gasteiger partial charge in [0.15, 0.2) is 0 Å². The summed E-state index contributed by atoms with van der Waals surface area (Å²) in [7, 11) is -2.70. The number of carbonyl (C=O) groups is 2. The minimum absolute atomic E-state index is 0.00539. The van der Waals surface area contributed by atoms with Crippen LogP contribution in [0, 0.1) is 12.7 Å². The molecule has 0 saturated heterocycles. The Morgan fingerprint density at radius 3 is 2.11 bits per heavy atom. The Morgan fingerprint density at radius 2 is 1.54 bits per heavy atom. The average molecular weight is 498 g/mol. The third-order valence-corrected chi connectivity index (χ3v) is 7.40. The lowest BCUT2D eigenvalue weighted by atomic mass is 10.1. The first-order valence-corrected chi connectivity index (χ1v) is 12.5. The van der Waals surface area contributed by atoms with E-state index in [1.807, 2.05) is 37.3 Å². The van der Waals surface area contributed by atoms with Crippen molar-refractivity contribution >= 4 is 27.5 Å². The highest BCUT2D eigenvalue weighted by atomic mass is 32.2. The molecule has 3 rings (SSSR count). The fraction of sp³-hybridized carbons (Fsp3) is 0.231. The molecule has 0 aromatic heterocycles. The van der Waals surface area contributed by atoms with Crippen molar-refractivity contribution in [2.45, 2.75) is 31.3 Å². The molecule has 0 aliphatic rings. The van der Waals surface area contributed by atoms with Gasteiger partial charge >= 0.3 is 0 Å². The number of benzene rings is 3. The average Bonchev–Trinajstić information content (AvgIpc) is 2.86. The number of nitrogens with one attached hydrogen (secondary N) is 1. The molecule has 35 heavy (non-hydrogen) atoms. The van der Waals surface area contributed by atoms with E-state index in [2.05, 4.69) is 5.32 Å². The van der Waals surface area contributed by atoms with Crippen molar-refractivity contribution in [2.75, 3.05) is 17.9 Å². The van der Waals surface area contributed by atoms with Crippen LogP contribution in [0.3, 0.4) is 0 Å². The van der Waals surface area contributed by atoms with Crippen molar-refractivity contribution in [2.24, 2.45) is 0 Å². The number of anilines is 1. The van der Waals surface area contributed by atoms with E-state index in [0.29, 0.717) is 0 Å². The Morgan fingerprint density at radius 1 is 0.943 bits per heavy atom. The van der Waals surface area contributed by atoms with Crippen molar-refractivity contribution in [3.8, 4) is 0 Å². The van der Waals surface area contributed by atoms with Crippen LogP contribution in [0.2, 0.25) is 0 Å². The van der Waals surface area contributed by atoms with E-state index in [1.54, 1.807) is 19.1 Å². The zero-order valence-electron chi connectivity index (χ0n) is 19.8. The van der Waals surface area contributed by atoms with Gasteiger partial charge in [0, 0.05) is 13.6 Å². The van der Waals surface area contributed by atoms with Crippen LogP contribution in [0.1, 0.15) is 18.1 Å². The first kappa shape index (κ1) is 25.9. The van der Waals surface area contributed by atoms with Crippen LogP contribution in [0.25, 0.3) is 0 Å². The lowest BCUT2D eigenvalue weighted by molar-refractivity contribution is -0.139. The number of hydrogen-bond donors (Lipinski definition) is 1. The molecule has 0 heterocycles. The van der Waals surface area contributed by atoms with Crippen molar-refractivity contribution in [3.63, 3.8) is 0 Å². The highest BCUT2D eigenvalue weighted by Gasteiger charge is 2.32. The molecular weight excluding hydrogens is 469 g/mol. The second-order valence-corrected chi connectivity index (χ2v) is 9.96. The topological polar surface area (TPSA) is 86.8 Å². The van der Waals surface area contributed by atoms with Gasteiger partial charge < -0.3 is 10.2 Å². The SMILES string of the molecule is CNC(=O)[C@H](C)N(Cc1ccccc1)C(=O)CN(c1ccc(F)cc1)S(=O)(=O)c1ccc(C)cc1. The van der Waals surface area contributed by atoms with Crippen LogP contribution in [-0.4, -0.2) is 44.8 Å². The van der Waals surface area contributed by atoms with Gasteiger partial charge in [-0.25, -0.2) is 12.8 Å². The summed E-state index contributed by atoms with van der Waals surface area (Å²) in [6.45, 7) is 2.95. The molecule has 184 valence electrons. The first-order valence-electron chi connectivity index (χ1n) is 11.0. The molecule has 2 amide bonds. The third kappa shape index (κ3) is 6.24. The largest absolute Gasteiger partial charge is 0.357 e. The Hall–Kier alpha value is -3.72. The summed E-state index contributed by atoms with van der Waals surface area (Å²) >= 11 is 0. The molecule has 0 spiro atoms. The number of rotatable bonds is 9. The molecule has 0 radical (unpaired) electrons. The number of nitrogens with zero attached hydrogens (tertiary/aromatic N) is 2. The van der Waals surface area contributed by atoms with Crippen LogP contribution < -0.4 is 9.62 Å². The van der Waals surface area contributed by atoms with Gasteiger partial charge in [-0.1, -0.05) is 48.0 Å². The summed E-state index contributed by atoms with van der Waals surface area (Å²) in [5, 5.41) is 2.53. The predicted molar refractivity (Wildman–Crippen MR) is 133 cm³/mol. The minimum atomic E-state index is -4.17. The smallest absolute Gasteiger partial charge is 0.264 e. The lowest BCUT2D eigenvalue weighted by Gasteiger charge is -2.31. The van der Waals surface area contributed by atoms with E-state index in [-0.39, 0.29) is 23.0 Å². The Bertz CT molecular complexity index is 1260. The van der Waals surface area contributed by atoms with E-state index in [4.69, 9.17) is 0 Å². The van der Waals surface area contributed by atoms with Gasteiger partial charge in [0.2, 0.25) is 11.8 Å². The maximum atomic E-state index is 13.6. The normalized spacial score (nSPS) is 12.0. The summed E-state index contributed by atoms with van der Waals surface area (Å²) in [4.78, 5) is 27.3. The molecule has 0 fully saturated rings. The van der Waals surface area contributed by atoms with Crippen LogP contribution >= 0.6 is 0 Å². The predicted octanol–water partition coefficient (Wildman–Crippen LogP) is 3.49. The number of sulfonamides is 1. The van der Waals surface area contributed by atoms with Crippen molar-refractivity contribution in [1.29, 1.82) is 0 Å². The molecular formula is C26H28FN3O4S. The van der Waals surface area contributed by atoms with Gasteiger partial charge in [-0.3, -0.25) is 13.9 Å². The van der Waals surface area contributed by atoms with E-state index < -0.39 is 34.3 Å². The maximum Gasteiger partial charge on any atom is 0.264 e. The number of amides is 2. The first-order chi connectivity index (χ1) is 16.6. The van der Waals surface area contributed by atoms with Gasteiger partial charge in [0.1, 0.15) is 18.4 Å². The number of carbonyl (C=O) groups excluding carboxylic acids is 2. The summed E-state index contributed by atoms with van der Waals surface area (Å²) < 4.78 is 41.7. The minimum Gasteiger partial charge on any atom is -0.357 e. The summed E-state index contributed by atoms with van der Waals surface area (Å²) in [6, 6.07) is 19.3. The van der Waals surface area contributed by atoms with Gasteiger partial charge in [-0.15, -0.1) is 0 Å². The molecule has 0 aliphatic heterocycles. The highest BCUT2D eigenvalue weighted by Crippen LogP contribution is 2.25. The molecule has 7 nitrogen and oxygen atoms in total. The molecule has 9 heteroatoms. The second kappa shape index (κ2) is 11.1. The molecule has 0 unspecified atom stereocenters. The van der Waals surface area contributed by atoms with Crippen LogP contribution in [-0.2, 0) is 26.2 Å². The molecule has 3 aromatic rings. The quantitative estimate of drug-likeness (QED) is 0.490. The summed E-state index contributed by atoms with van der Waals surface area (Å²) in [6.07, 6.45) is 0. The maximum absolute atomic E-state index is 13.6. The molecule has 0 bridgehead atoms. The zero-order valence-corrected chi connectivity index (χ0v) is 20.6. The molecule has 3 aromatic carbocycles. The van der Waals surface area contributed by atoms with E-state index in [9.17, 15) is 22.4 Å². The number of aryl methyl sites for hydroxylation is 1. The zero-order chi connectivity index (χ0) is 25.6. The highest BCUT2D eigenvalue weighted by molar-refractivity contribution is 7.92. The fourth-order valence-corrected chi connectivity index (χ4v) is 4.96. The van der Waals surface area contributed by atoms with E-state index in [1.165, 1.54) is 36.2 Å². The second-order valence-electron chi connectivity index (χ2n) is 8.10. The molecule has 1 atom stereocenters. The summed E-state index contributed by atoms with van der Waals surface area (Å²) in [5.74, 6) is -1.50. The Kier molecular flexibility index (Phi) is 8.24. The summed E-state index contributed by atoms with van der Waals surface area (Å²) in [5.41, 5.74) is 1.79. The van der Waals surface area contributed by atoms with Crippen molar-refractivity contribution in [3.05, 3.63) is 95.8 Å². The van der Waals surface area contributed by atoms with Crippen LogP contribution in [0.4, 0.5) is 10.1 Å². The van der Waals surface area contributed by atoms with Gasteiger partial charge in [0.25, 0.3) is 10.0 Å². The number of halogens is 1. The van der Waals surface area contributed by atoms with Crippen molar-refractivity contribution in [1.82, 2.24) is 10.2 Å². The third-order valence-electron chi connectivity index (χ3n) is 5.61. The Labute approximate surface area is 205 Å². The van der Waals surface area contributed by atoms with Crippen molar-refractivity contribution < 1.29 is 22.4 Å². The fourth-order valence-electron chi connectivity index (χ4n) is 3.55. The molecule has 1 N–H and O–H groups in total. The standard InChI is InChI=1S/C26H28FN3O4S/c1-19-9-15-24(16-10-19)35(33,34)30(23-13-11-22(27)12-14-23)18-25(31)29(20(2)26(32)28-3)17-21-7-5-4-6-8-21/h4-16,20H,17-18H2,1-3H3,(H,28,32)/t20-/m0/s1.